The molecule has 2 aromatic carbocycles. The SMILES string of the molecule is CC(C)(C)OC(=O)N1C(C)(C)OC[C@]1(C)C(=O)NCC(=O)c1ccc(OCCCCCc2ccc(C(F)(F)F)cc2)c(C(F)(F)F)c1. The molecule has 2 amide bonds. The Bertz CT molecular complexity index is 1430. The maximum atomic E-state index is 13.9. The van der Waals surface area contributed by atoms with Gasteiger partial charge in [0.15, 0.2) is 5.78 Å². The van der Waals surface area contributed by atoms with Crippen LogP contribution >= 0.6 is 0 Å². The van der Waals surface area contributed by atoms with Crippen LogP contribution in [0.1, 0.15) is 87.9 Å². The lowest BCUT2D eigenvalue weighted by atomic mass is 9.99. The molecule has 0 bridgehead atoms. The first-order chi connectivity index (χ1) is 21.5. The lowest BCUT2D eigenvalue weighted by Gasteiger charge is -2.39. The van der Waals surface area contributed by atoms with Crippen LogP contribution in [0, 0.1) is 0 Å². The van der Waals surface area contributed by atoms with Crippen molar-refractivity contribution >= 4 is 17.8 Å². The Labute approximate surface area is 269 Å². The summed E-state index contributed by atoms with van der Waals surface area (Å²) >= 11 is 0. The molecule has 1 fully saturated rings. The summed E-state index contributed by atoms with van der Waals surface area (Å²) in [6.45, 7) is 8.66. The normalized spacial score (nSPS) is 18.2. The summed E-state index contributed by atoms with van der Waals surface area (Å²) < 4.78 is 96.3. The average Bonchev–Trinajstić information content (AvgIpc) is 3.21. The van der Waals surface area contributed by atoms with Gasteiger partial charge in [-0.1, -0.05) is 12.1 Å². The number of carbonyl (C=O) groups excluding carboxylic acids is 3. The first-order valence-corrected chi connectivity index (χ1v) is 15.0. The molecule has 1 N–H and O–H groups in total. The lowest BCUT2D eigenvalue weighted by Crippen LogP contribution is -2.62. The number of hydrogen-bond donors (Lipinski definition) is 1. The van der Waals surface area contributed by atoms with E-state index in [4.69, 9.17) is 14.2 Å². The van der Waals surface area contributed by atoms with Gasteiger partial charge in [0, 0.05) is 5.56 Å². The van der Waals surface area contributed by atoms with Crippen molar-refractivity contribution in [3.63, 3.8) is 0 Å². The van der Waals surface area contributed by atoms with Crippen molar-refractivity contribution in [2.75, 3.05) is 19.8 Å². The smallest absolute Gasteiger partial charge is 0.419 e. The van der Waals surface area contributed by atoms with Gasteiger partial charge in [-0.15, -0.1) is 0 Å². The minimum absolute atomic E-state index is 0.0510. The molecule has 1 saturated heterocycles. The van der Waals surface area contributed by atoms with Crippen LogP contribution in [0.25, 0.3) is 0 Å². The zero-order valence-corrected chi connectivity index (χ0v) is 27.2. The summed E-state index contributed by atoms with van der Waals surface area (Å²) in [6, 6.07) is 7.67. The minimum Gasteiger partial charge on any atom is -0.493 e. The largest absolute Gasteiger partial charge is 0.493 e. The van der Waals surface area contributed by atoms with Crippen LogP contribution < -0.4 is 10.1 Å². The number of amides is 2. The van der Waals surface area contributed by atoms with Crippen molar-refractivity contribution in [1.82, 2.24) is 10.2 Å². The first-order valence-electron chi connectivity index (χ1n) is 15.0. The second-order valence-corrected chi connectivity index (χ2v) is 13.0. The molecule has 0 radical (unpaired) electrons. The van der Waals surface area contributed by atoms with Crippen molar-refractivity contribution in [2.24, 2.45) is 0 Å². The molecule has 1 aliphatic heterocycles. The van der Waals surface area contributed by atoms with Crippen molar-refractivity contribution in [3.8, 4) is 5.75 Å². The highest BCUT2D eigenvalue weighted by Crippen LogP contribution is 2.38. The van der Waals surface area contributed by atoms with Gasteiger partial charge in [0.05, 0.1) is 30.9 Å². The number of unbranched alkanes of at least 4 members (excludes halogenated alkanes) is 2. The quantitative estimate of drug-likeness (QED) is 0.150. The highest BCUT2D eigenvalue weighted by Gasteiger charge is 2.57. The summed E-state index contributed by atoms with van der Waals surface area (Å²) in [5.41, 5.74) is -5.15. The number of benzene rings is 2. The summed E-state index contributed by atoms with van der Waals surface area (Å²) in [5, 5.41) is 2.42. The van der Waals surface area contributed by atoms with Crippen LogP contribution in [0.15, 0.2) is 42.5 Å². The Kier molecular flexibility index (Phi) is 11.3. The van der Waals surface area contributed by atoms with E-state index in [1.807, 2.05) is 0 Å². The predicted octanol–water partition coefficient (Wildman–Crippen LogP) is 7.58. The number of nitrogens with one attached hydrogen (secondary N) is 1. The maximum Gasteiger partial charge on any atom is 0.419 e. The molecular weight excluding hydrogens is 634 g/mol. The second kappa shape index (κ2) is 14.1. The van der Waals surface area contributed by atoms with E-state index in [0.717, 1.165) is 23.1 Å². The van der Waals surface area contributed by atoms with E-state index in [0.29, 0.717) is 37.3 Å². The fraction of sp³-hybridized carbons (Fsp3) is 0.545. The second-order valence-electron chi connectivity index (χ2n) is 13.0. The van der Waals surface area contributed by atoms with Gasteiger partial charge < -0.3 is 19.5 Å². The van der Waals surface area contributed by atoms with Crippen molar-refractivity contribution < 1.29 is 54.9 Å². The highest BCUT2D eigenvalue weighted by molar-refractivity contribution is 6.01. The standard InChI is InChI=1S/C33H40F6N2O6/c1-29(2,3)47-28(44)41-30(4,5)46-20-31(41,6)27(43)40-19-25(42)22-13-16-26(24(18-22)33(37,38)39)45-17-9-7-8-10-21-11-14-23(15-12-21)32(34,35)36/h11-16,18H,7-10,17,19-20H2,1-6H3,(H,40,43)/t31-/m1/s1. The highest BCUT2D eigenvalue weighted by atomic mass is 19.4. The molecule has 0 aliphatic carbocycles. The number of ether oxygens (including phenoxy) is 3. The molecule has 1 heterocycles. The van der Waals surface area contributed by atoms with Gasteiger partial charge in [-0.05, 0) is 103 Å². The molecule has 0 spiro atoms. The molecule has 2 aromatic rings. The molecule has 260 valence electrons. The van der Waals surface area contributed by atoms with Crippen LogP contribution in [0.3, 0.4) is 0 Å². The zero-order chi connectivity index (χ0) is 35.4. The van der Waals surface area contributed by atoms with Crippen LogP contribution in [0.4, 0.5) is 31.1 Å². The first kappa shape index (κ1) is 37.6. The molecule has 8 nitrogen and oxygen atoms in total. The third-order valence-corrected chi connectivity index (χ3v) is 7.47. The molecule has 0 saturated carbocycles. The fourth-order valence-corrected chi connectivity index (χ4v) is 5.09. The summed E-state index contributed by atoms with van der Waals surface area (Å²) in [7, 11) is 0. The predicted molar refractivity (Wildman–Crippen MR) is 160 cm³/mol. The topological polar surface area (TPSA) is 94.2 Å². The van der Waals surface area contributed by atoms with E-state index >= 15 is 0 Å². The van der Waals surface area contributed by atoms with Gasteiger partial charge in [-0.25, -0.2) is 4.79 Å². The number of rotatable bonds is 11. The van der Waals surface area contributed by atoms with Gasteiger partial charge in [0.25, 0.3) is 0 Å². The Hall–Kier alpha value is -3.81. The Balaban J connectivity index is 1.58. The number of nitrogens with zero attached hydrogens (tertiary/aromatic N) is 1. The van der Waals surface area contributed by atoms with E-state index in [1.165, 1.54) is 25.1 Å². The molecule has 3 rings (SSSR count). The molecule has 1 aliphatic rings. The van der Waals surface area contributed by atoms with Crippen LogP contribution in [-0.4, -0.2) is 59.3 Å². The Morgan fingerprint density at radius 1 is 0.894 bits per heavy atom. The van der Waals surface area contributed by atoms with Gasteiger partial charge in [0.1, 0.15) is 22.6 Å². The third kappa shape index (κ3) is 9.85. The van der Waals surface area contributed by atoms with E-state index < -0.39 is 70.4 Å². The van der Waals surface area contributed by atoms with E-state index in [-0.39, 0.29) is 18.8 Å². The van der Waals surface area contributed by atoms with Crippen molar-refractivity contribution in [1.29, 1.82) is 0 Å². The fourth-order valence-electron chi connectivity index (χ4n) is 5.09. The number of aryl methyl sites for hydroxylation is 1. The zero-order valence-electron chi connectivity index (χ0n) is 27.2. The lowest BCUT2D eigenvalue weighted by molar-refractivity contribution is -0.139. The molecule has 0 unspecified atom stereocenters. The van der Waals surface area contributed by atoms with Gasteiger partial charge in [-0.3, -0.25) is 14.5 Å². The van der Waals surface area contributed by atoms with Crippen molar-refractivity contribution in [3.05, 3.63) is 64.7 Å². The van der Waals surface area contributed by atoms with E-state index in [1.54, 1.807) is 34.6 Å². The third-order valence-electron chi connectivity index (χ3n) is 7.47. The van der Waals surface area contributed by atoms with Crippen LogP contribution in [0.5, 0.6) is 5.75 Å². The number of carbonyl (C=O) groups is 3. The number of ketones is 1. The molecule has 14 heteroatoms. The minimum atomic E-state index is -4.84. The Morgan fingerprint density at radius 3 is 2.11 bits per heavy atom. The van der Waals surface area contributed by atoms with Gasteiger partial charge >= 0.3 is 18.4 Å². The maximum absolute atomic E-state index is 13.9. The summed E-state index contributed by atoms with van der Waals surface area (Å²) in [4.78, 5) is 40.2. The molecular formula is C33H40F6N2O6. The van der Waals surface area contributed by atoms with Gasteiger partial charge in [-0.2, -0.15) is 26.3 Å². The van der Waals surface area contributed by atoms with E-state index in [2.05, 4.69) is 5.32 Å². The Morgan fingerprint density at radius 2 is 1.53 bits per heavy atom. The summed E-state index contributed by atoms with van der Waals surface area (Å²) in [5.74, 6) is -2.02. The van der Waals surface area contributed by atoms with Crippen molar-refractivity contribution in [2.45, 2.75) is 96.4 Å². The van der Waals surface area contributed by atoms with E-state index in [9.17, 15) is 40.7 Å². The number of halogens is 6. The number of hydrogen-bond acceptors (Lipinski definition) is 6. The monoisotopic (exact) mass is 674 g/mol. The molecule has 47 heavy (non-hydrogen) atoms. The molecule has 1 atom stereocenters. The van der Waals surface area contributed by atoms with Crippen LogP contribution in [-0.2, 0) is 33.0 Å². The average molecular weight is 675 g/mol. The summed E-state index contributed by atoms with van der Waals surface area (Å²) in [6.07, 6.45) is -8.02. The number of alkyl halides is 6. The molecule has 0 aromatic heterocycles. The van der Waals surface area contributed by atoms with Gasteiger partial charge in [0.2, 0.25) is 5.91 Å². The van der Waals surface area contributed by atoms with Crippen LogP contribution in [0.2, 0.25) is 0 Å². The number of Topliss-reactive ketones (excluding diaryl/α,β-unsaturated/α-hetero) is 1.